The third-order valence-corrected chi connectivity index (χ3v) is 1.71. The van der Waals surface area contributed by atoms with E-state index < -0.39 is 5.91 Å². The van der Waals surface area contributed by atoms with E-state index in [4.69, 9.17) is 22.5 Å². The Bertz CT molecular complexity index is 361. The quantitative estimate of drug-likeness (QED) is 0.279. The second-order valence-electron chi connectivity index (χ2n) is 2.45. The molecular weight excluding hydrogens is 206 g/mol. The van der Waals surface area contributed by atoms with Crippen molar-refractivity contribution in [2.45, 2.75) is 0 Å². The van der Waals surface area contributed by atoms with Gasteiger partial charge in [0.2, 0.25) is 5.96 Å². The summed E-state index contributed by atoms with van der Waals surface area (Å²) in [6.45, 7) is 0. The molecular formula is C8H8ClN3O2. The molecule has 0 aliphatic rings. The largest absolute Gasteiger partial charge is 0.408 e. The Labute approximate surface area is 85.2 Å². The lowest BCUT2D eigenvalue weighted by Crippen LogP contribution is -2.36. The van der Waals surface area contributed by atoms with Crippen molar-refractivity contribution in [3.05, 3.63) is 34.9 Å². The van der Waals surface area contributed by atoms with Gasteiger partial charge in [-0.1, -0.05) is 16.8 Å². The van der Waals surface area contributed by atoms with Gasteiger partial charge in [0.1, 0.15) is 0 Å². The molecule has 0 heterocycles. The summed E-state index contributed by atoms with van der Waals surface area (Å²) in [5, 5.41) is 13.5. The van der Waals surface area contributed by atoms with Crippen LogP contribution in [0.15, 0.2) is 29.4 Å². The first-order valence-electron chi connectivity index (χ1n) is 3.68. The maximum Gasteiger partial charge on any atom is 0.258 e. The fourth-order valence-electron chi connectivity index (χ4n) is 0.815. The van der Waals surface area contributed by atoms with E-state index in [1.54, 1.807) is 12.1 Å². The van der Waals surface area contributed by atoms with Crippen LogP contribution in [0, 0.1) is 0 Å². The Morgan fingerprint density at radius 2 is 2.00 bits per heavy atom. The van der Waals surface area contributed by atoms with Gasteiger partial charge in [-0.25, -0.2) is 0 Å². The third kappa shape index (κ3) is 2.63. The molecule has 0 fully saturated rings. The maximum atomic E-state index is 11.3. The summed E-state index contributed by atoms with van der Waals surface area (Å²) in [5.74, 6) is -0.818. The molecule has 0 aromatic heterocycles. The van der Waals surface area contributed by atoms with Crippen molar-refractivity contribution in [3.63, 3.8) is 0 Å². The highest BCUT2D eigenvalue weighted by atomic mass is 35.5. The molecule has 1 aromatic rings. The minimum Gasteiger partial charge on any atom is -0.408 e. The van der Waals surface area contributed by atoms with Crippen LogP contribution in [0.3, 0.4) is 0 Å². The molecule has 74 valence electrons. The zero-order valence-corrected chi connectivity index (χ0v) is 7.82. The number of guanidine groups is 1. The van der Waals surface area contributed by atoms with Crippen molar-refractivity contribution in [3.8, 4) is 0 Å². The molecule has 14 heavy (non-hydrogen) atoms. The molecule has 6 heteroatoms. The molecule has 0 aliphatic carbocycles. The highest BCUT2D eigenvalue weighted by molar-refractivity contribution is 6.30. The van der Waals surface area contributed by atoms with Crippen molar-refractivity contribution in [1.29, 1.82) is 0 Å². The van der Waals surface area contributed by atoms with Gasteiger partial charge in [0.25, 0.3) is 5.91 Å². The Morgan fingerprint density at radius 3 is 2.50 bits per heavy atom. The molecule has 0 atom stereocenters. The predicted molar refractivity (Wildman–Crippen MR) is 52.3 cm³/mol. The molecule has 0 saturated heterocycles. The highest BCUT2D eigenvalue weighted by Crippen LogP contribution is 2.08. The molecule has 1 aromatic carbocycles. The van der Waals surface area contributed by atoms with E-state index in [0.29, 0.717) is 10.6 Å². The molecule has 0 unspecified atom stereocenters. The number of hydrogen-bond donors (Lipinski definition) is 3. The summed E-state index contributed by atoms with van der Waals surface area (Å²) in [5.41, 5.74) is 5.46. The van der Waals surface area contributed by atoms with E-state index in [-0.39, 0.29) is 5.96 Å². The molecule has 1 rings (SSSR count). The van der Waals surface area contributed by atoms with Gasteiger partial charge in [-0.05, 0) is 24.3 Å². The Hall–Kier alpha value is -1.75. The molecule has 0 radical (unpaired) electrons. The third-order valence-electron chi connectivity index (χ3n) is 1.46. The second kappa shape index (κ2) is 4.48. The van der Waals surface area contributed by atoms with E-state index in [1.807, 2.05) is 0 Å². The minimum absolute atomic E-state index is 0.357. The van der Waals surface area contributed by atoms with Crippen LogP contribution in [0.2, 0.25) is 5.02 Å². The van der Waals surface area contributed by atoms with E-state index in [1.165, 1.54) is 12.1 Å². The summed E-state index contributed by atoms with van der Waals surface area (Å²) >= 11 is 5.63. The van der Waals surface area contributed by atoms with Crippen LogP contribution < -0.4 is 11.1 Å². The number of benzene rings is 1. The summed E-state index contributed by atoms with van der Waals surface area (Å²) in [4.78, 5) is 11.3. The lowest BCUT2D eigenvalue weighted by atomic mass is 10.2. The van der Waals surface area contributed by atoms with Crippen LogP contribution in [0.1, 0.15) is 10.4 Å². The fourth-order valence-corrected chi connectivity index (χ4v) is 0.941. The number of carbonyl (C=O) groups is 1. The highest BCUT2D eigenvalue weighted by Gasteiger charge is 2.05. The molecule has 0 bridgehead atoms. The minimum atomic E-state index is -0.461. The first kappa shape index (κ1) is 10.3. The number of rotatable bonds is 1. The van der Waals surface area contributed by atoms with Gasteiger partial charge < -0.3 is 10.9 Å². The monoisotopic (exact) mass is 213 g/mol. The first-order valence-corrected chi connectivity index (χ1v) is 4.05. The second-order valence-corrected chi connectivity index (χ2v) is 2.88. The molecule has 4 N–H and O–H groups in total. The standard InChI is InChI=1S/C8H8ClN3O2/c9-6-3-1-5(2-4-6)7(13)11-8(10)12-14/h1-4,14H,(H3,10,11,12,13). The van der Waals surface area contributed by atoms with E-state index >= 15 is 0 Å². The number of oxime groups is 1. The molecule has 0 aliphatic heterocycles. The molecule has 0 spiro atoms. The van der Waals surface area contributed by atoms with Gasteiger partial charge in [0.05, 0.1) is 0 Å². The van der Waals surface area contributed by atoms with E-state index in [2.05, 4.69) is 10.5 Å². The molecule has 0 saturated carbocycles. The maximum absolute atomic E-state index is 11.3. The Kier molecular flexibility index (Phi) is 3.30. The fraction of sp³-hybridized carbons (Fsp3) is 0. The van der Waals surface area contributed by atoms with Crippen molar-refractivity contribution in [2.75, 3.05) is 0 Å². The van der Waals surface area contributed by atoms with Gasteiger partial charge in [-0.3, -0.25) is 10.1 Å². The average Bonchev–Trinajstić information content (AvgIpc) is 2.18. The number of nitrogens with one attached hydrogen (secondary N) is 1. The number of nitrogens with zero attached hydrogens (tertiary/aromatic N) is 1. The van der Waals surface area contributed by atoms with Crippen LogP contribution in [0.25, 0.3) is 0 Å². The predicted octanol–water partition coefficient (Wildman–Crippen LogP) is 0.774. The van der Waals surface area contributed by atoms with Gasteiger partial charge >= 0.3 is 0 Å². The topological polar surface area (TPSA) is 87.7 Å². The van der Waals surface area contributed by atoms with E-state index in [0.717, 1.165) is 0 Å². The number of carbonyl (C=O) groups excluding carboxylic acids is 1. The van der Waals surface area contributed by atoms with Crippen molar-refractivity contribution < 1.29 is 10.0 Å². The Morgan fingerprint density at radius 1 is 1.43 bits per heavy atom. The van der Waals surface area contributed by atoms with Crippen LogP contribution >= 0.6 is 11.6 Å². The van der Waals surface area contributed by atoms with Crippen LogP contribution in [-0.4, -0.2) is 17.1 Å². The molecule has 1 amide bonds. The van der Waals surface area contributed by atoms with Gasteiger partial charge in [0, 0.05) is 10.6 Å². The lowest BCUT2D eigenvalue weighted by molar-refractivity contribution is 0.0975. The van der Waals surface area contributed by atoms with Crippen molar-refractivity contribution in [1.82, 2.24) is 5.32 Å². The summed E-state index contributed by atoms with van der Waals surface area (Å²) in [6.07, 6.45) is 0. The summed E-state index contributed by atoms with van der Waals surface area (Å²) < 4.78 is 0. The molecule has 5 nitrogen and oxygen atoms in total. The average molecular weight is 214 g/mol. The lowest BCUT2D eigenvalue weighted by Gasteiger charge is -2.01. The van der Waals surface area contributed by atoms with E-state index in [9.17, 15) is 4.79 Å². The van der Waals surface area contributed by atoms with Gasteiger partial charge in [0.15, 0.2) is 0 Å². The summed E-state index contributed by atoms with van der Waals surface area (Å²) in [7, 11) is 0. The van der Waals surface area contributed by atoms with Crippen LogP contribution in [0.5, 0.6) is 0 Å². The zero-order valence-electron chi connectivity index (χ0n) is 7.07. The number of hydrogen-bond acceptors (Lipinski definition) is 3. The Balaban J connectivity index is 2.75. The van der Waals surface area contributed by atoms with Crippen LogP contribution in [0.4, 0.5) is 0 Å². The van der Waals surface area contributed by atoms with Crippen molar-refractivity contribution >= 4 is 23.5 Å². The van der Waals surface area contributed by atoms with Gasteiger partial charge in [-0.15, -0.1) is 0 Å². The van der Waals surface area contributed by atoms with Crippen LogP contribution in [-0.2, 0) is 0 Å². The number of amides is 1. The normalized spacial score (nSPS) is 11.1. The zero-order chi connectivity index (χ0) is 10.6. The SMILES string of the molecule is NC(=NO)NC(=O)c1ccc(Cl)cc1. The smallest absolute Gasteiger partial charge is 0.258 e. The summed E-state index contributed by atoms with van der Waals surface area (Å²) in [6, 6.07) is 6.20. The first-order chi connectivity index (χ1) is 6.63. The van der Waals surface area contributed by atoms with Gasteiger partial charge in [-0.2, -0.15) is 0 Å². The number of nitrogens with two attached hydrogens (primary N) is 1. The number of halogens is 1. The van der Waals surface area contributed by atoms with Crippen molar-refractivity contribution in [2.24, 2.45) is 10.9 Å².